The van der Waals surface area contributed by atoms with Crippen LogP contribution in [0, 0.1) is 0 Å². The van der Waals surface area contributed by atoms with Crippen LogP contribution in [0.4, 0.5) is 10.5 Å². The lowest BCUT2D eigenvalue weighted by Gasteiger charge is -2.30. The average molecular weight is 337 g/mol. The topological polar surface area (TPSA) is 75.3 Å². The van der Waals surface area contributed by atoms with Gasteiger partial charge in [-0.25, -0.2) is 13.2 Å². The highest BCUT2D eigenvalue weighted by atomic mass is 35.5. The number of anilines is 1. The number of thiophene rings is 1. The number of amides is 2. The van der Waals surface area contributed by atoms with E-state index in [-0.39, 0.29) is 6.04 Å². The molecule has 1 saturated carbocycles. The Bertz CT molecular complexity index is 585. The molecule has 5 nitrogen and oxygen atoms in total. The first kappa shape index (κ1) is 15.6. The second-order valence-electron chi connectivity index (χ2n) is 4.97. The van der Waals surface area contributed by atoms with Crippen molar-refractivity contribution in [2.24, 2.45) is 0 Å². The van der Waals surface area contributed by atoms with Crippen LogP contribution >= 0.6 is 22.9 Å². The lowest BCUT2D eigenvalue weighted by molar-refractivity contribution is 0.244. The van der Waals surface area contributed by atoms with E-state index < -0.39 is 21.1 Å². The van der Waals surface area contributed by atoms with Crippen molar-refractivity contribution in [3.8, 4) is 0 Å². The number of sulfone groups is 1. The molecule has 0 spiro atoms. The molecule has 1 fully saturated rings. The van der Waals surface area contributed by atoms with Gasteiger partial charge in [0.2, 0.25) is 0 Å². The first-order valence-corrected chi connectivity index (χ1v) is 9.58. The molecule has 0 radical (unpaired) electrons. The van der Waals surface area contributed by atoms with E-state index in [2.05, 4.69) is 10.6 Å². The van der Waals surface area contributed by atoms with Gasteiger partial charge in [-0.2, -0.15) is 0 Å². The van der Waals surface area contributed by atoms with Crippen molar-refractivity contribution in [1.82, 2.24) is 5.32 Å². The molecule has 112 valence electrons. The van der Waals surface area contributed by atoms with Crippen LogP contribution in [-0.4, -0.2) is 32.0 Å². The molecule has 2 N–H and O–H groups in total. The van der Waals surface area contributed by atoms with Crippen molar-refractivity contribution in [2.75, 3.05) is 11.6 Å². The Hall–Kier alpha value is -0.790. The van der Waals surface area contributed by atoms with Gasteiger partial charge < -0.3 is 10.6 Å². The minimum absolute atomic E-state index is 0.337. The summed E-state index contributed by atoms with van der Waals surface area (Å²) in [7, 11) is -3.16. The number of carbonyl (C=O) groups is 1. The number of hydrogen-bond acceptors (Lipinski definition) is 4. The van der Waals surface area contributed by atoms with Crippen LogP contribution < -0.4 is 10.6 Å². The Kier molecular flexibility index (Phi) is 4.93. The zero-order chi connectivity index (χ0) is 14.8. The molecule has 0 saturated heterocycles. The molecule has 1 aliphatic rings. The van der Waals surface area contributed by atoms with Gasteiger partial charge in [0.15, 0.2) is 9.84 Å². The zero-order valence-corrected chi connectivity index (χ0v) is 13.4. The molecule has 2 amide bonds. The minimum atomic E-state index is -3.16. The molecule has 0 unspecified atom stereocenters. The first-order chi connectivity index (χ1) is 9.38. The average Bonchev–Trinajstić information content (AvgIpc) is 2.74. The third-order valence-corrected chi connectivity index (χ3v) is 6.27. The maximum atomic E-state index is 11.9. The quantitative estimate of drug-likeness (QED) is 0.891. The maximum Gasteiger partial charge on any atom is 0.319 e. The predicted octanol–water partition coefficient (Wildman–Crippen LogP) is 2.88. The monoisotopic (exact) mass is 336 g/mol. The van der Waals surface area contributed by atoms with E-state index in [1.54, 1.807) is 11.4 Å². The second kappa shape index (κ2) is 6.32. The largest absolute Gasteiger partial charge is 0.334 e. The number of rotatable bonds is 3. The Morgan fingerprint density at radius 1 is 1.40 bits per heavy atom. The summed E-state index contributed by atoms with van der Waals surface area (Å²) in [5.41, 5.74) is 0.542. The molecule has 2 rings (SSSR count). The maximum absolute atomic E-state index is 11.9. The van der Waals surface area contributed by atoms with Gasteiger partial charge in [0.05, 0.1) is 10.9 Å². The summed E-state index contributed by atoms with van der Waals surface area (Å²) in [5.74, 6) is 0. The standard InChI is InChI=1S/C12H17ClN2O3S2/c1-20(17,18)10-5-3-2-4-8(10)14-12(16)15-9-6-7-19-11(9)13/h6-8,10H,2-5H2,1H3,(H2,14,15,16)/t8-,10-/m1/s1. The first-order valence-electron chi connectivity index (χ1n) is 6.37. The van der Waals surface area contributed by atoms with Crippen molar-refractivity contribution in [3.63, 3.8) is 0 Å². The van der Waals surface area contributed by atoms with Crippen LogP contribution in [0.5, 0.6) is 0 Å². The lowest BCUT2D eigenvalue weighted by Crippen LogP contribution is -2.49. The van der Waals surface area contributed by atoms with E-state index in [1.807, 2.05) is 0 Å². The predicted molar refractivity (Wildman–Crippen MR) is 82.4 cm³/mol. The van der Waals surface area contributed by atoms with Gasteiger partial charge in [0.25, 0.3) is 0 Å². The Balaban J connectivity index is 2.00. The van der Waals surface area contributed by atoms with Gasteiger partial charge >= 0.3 is 6.03 Å². The summed E-state index contributed by atoms with van der Waals surface area (Å²) in [4.78, 5) is 11.9. The SMILES string of the molecule is CS(=O)(=O)[C@@H]1CCCC[C@H]1NC(=O)Nc1ccsc1Cl. The Morgan fingerprint density at radius 3 is 2.70 bits per heavy atom. The Labute approximate surface area is 127 Å². The van der Waals surface area contributed by atoms with E-state index in [0.717, 1.165) is 12.8 Å². The molecule has 0 aromatic carbocycles. The third kappa shape index (κ3) is 3.86. The molecule has 1 heterocycles. The van der Waals surface area contributed by atoms with Gasteiger partial charge in [-0.05, 0) is 24.3 Å². The number of nitrogens with one attached hydrogen (secondary N) is 2. The van der Waals surface area contributed by atoms with Crippen LogP contribution in [0.3, 0.4) is 0 Å². The van der Waals surface area contributed by atoms with Crippen molar-refractivity contribution in [1.29, 1.82) is 0 Å². The van der Waals surface area contributed by atoms with Crippen LogP contribution in [0.15, 0.2) is 11.4 Å². The van der Waals surface area contributed by atoms with Crippen LogP contribution in [0.1, 0.15) is 25.7 Å². The molecule has 1 aliphatic carbocycles. The second-order valence-corrected chi connectivity index (χ2v) is 8.75. The molecular formula is C12H17ClN2O3S2. The van der Waals surface area contributed by atoms with Crippen LogP contribution in [-0.2, 0) is 9.84 Å². The summed E-state index contributed by atoms with van der Waals surface area (Å²) >= 11 is 7.23. The summed E-state index contributed by atoms with van der Waals surface area (Å²) in [6, 6.07) is 0.962. The highest BCUT2D eigenvalue weighted by Gasteiger charge is 2.33. The molecule has 1 aromatic rings. The molecule has 2 atom stereocenters. The van der Waals surface area contributed by atoms with E-state index in [1.165, 1.54) is 17.6 Å². The van der Waals surface area contributed by atoms with Gasteiger partial charge in [-0.1, -0.05) is 24.4 Å². The van der Waals surface area contributed by atoms with E-state index >= 15 is 0 Å². The fourth-order valence-electron chi connectivity index (χ4n) is 2.48. The van der Waals surface area contributed by atoms with Crippen LogP contribution in [0.2, 0.25) is 4.34 Å². The number of hydrogen-bond donors (Lipinski definition) is 2. The number of carbonyl (C=O) groups excluding carboxylic acids is 1. The highest BCUT2D eigenvalue weighted by Crippen LogP contribution is 2.28. The van der Waals surface area contributed by atoms with E-state index in [4.69, 9.17) is 11.6 Å². The third-order valence-electron chi connectivity index (χ3n) is 3.44. The molecule has 1 aromatic heterocycles. The summed E-state index contributed by atoms with van der Waals surface area (Å²) in [6.07, 6.45) is 4.32. The number of halogens is 1. The molecule has 8 heteroatoms. The normalized spacial score (nSPS) is 23.3. The minimum Gasteiger partial charge on any atom is -0.334 e. The van der Waals surface area contributed by atoms with Crippen molar-refractivity contribution in [3.05, 3.63) is 15.8 Å². The fraction of sp³-hybridized carbons (Fsp3) is 0.583. The number of urea groups is 1. The highest BCUT2D eigenvalue weighted by molar-refractivity contribution is 7.91. The van der Waals surface area contributed by atoms with Crippen molar-refractivity contribution < 1.29 is 13.2 Å². The molecule has 0 bridgehead atoms. The molecule has 20 heavy (non-hydrogen) atoms. The summed E-state index contributed by atoms with van der Waals surface area (Å²) < 4.78 is 24.0. The van der Waals surface area contributed by atoms with E-state index in [9.17, 15) is 13.2 Å². The fourth-order valence-corrected chi connectivity index (χ4v) is 4.71. The van der Waals surface area contributed by atoms with Gasteiger partial charge in [0, 0.05) is 12.3 Å². The zero-order valence-electron chi connectivity index (χ0n) is 11.1. The Morgan fingerprint density at radius 2 is 2.10 bits per heavy atom. The van der Waals surface area contributed by atoms with Crippen molar-refractivity contribution >= 4 is 44.5 Å². The van der Waals surface area contributed by atoms with Gasteiger partial charge in [-0.3, -0.25) is 0 Å². The van der Waals surface area contributed by atoms with Gasteiger partial charge in [-0.15, -0.1) is 11.3 Å². The summed E-state index contributed by atoms with van der Waals surface area (Å²) in [6.45, 7) is 0. The molecular weight excluding hydrogens is 320 g/mol. The smallest absolute Gasteiger partial charge is 0.319 e. The summed E-state index contributed by atoms with van der Waals surface area (Å²) in [5, 5.41) is 6.68. The van der Waals surface area contributed by atoms with Crippen LogP contribution in [0.25, 0.3) is 0 Å². The van der Waals surface area contributed by atoms with Gasteiger partial charge in [0.1, 0.15) is 4.34 Å². The van der Waals surface area contributed by atoms with Crippen molar-refractivity contribution in [2.45, 2.75) is 37.0 Å². The lowest BCUT2D eigenvalue weighted by atomic mass is 9.95. The molecule has 0 aliphatic heterocycles. The van der Waals surface area contributed by atoms with E-state index in [0.29, 0.717) is 22.9 Å².